The number of nitrogen functional groups attached to an aromatic ring is 1. The highest BCUT2D eigenvalue weighted by Crippen LogP contribution is 2.35. The molecule has 13 heteroatoms. The van der Waals surface area contributed by atoms with Gasteiger partial charge in [0.1, 0.15) is 11.8 Å². The number of aliphatic hydroxyl groups is 1. The number of carbonyl (C=O) groups excluding carboxylic acids is 2. The fourth-order valence-corrected chi connectivity index (χ4v) is 8.30. The van der Waals surface area contributed by atoms with E-state index in [0.29, 0.717) is 48.7 Å². The Bertz CT molecular complexity index is 1970. The Balaban J connectivity index is 1.06. The summed E-state index contributed by atoms with van der Waals surface area (Å²) in [7, 11) is 0. The lowest BCUT2D eigenvalue weighted by molar-refractivity contribution is -0.140. The van der Waals surface area contributed by atoms with Gasteiger partial charge in [-0.3, -0.25) is 9.59 Å². The number of hydrogen-bond donors (Lipinski definition) is 5. The van der Waals surface area contributed by atoms with E-state index in [0.717, 1.165) is 40.2 Å². The molecule has 2 amide bonds. The third kappa shape index (κ3) is 8.68. The minimum Gasteiger partial charge on any atom is -0.507 e. The van der Waals surface area contributed by atoms with Gasteiger partial charge in [0, 0.05) is 49.8 Å². The van der Waals surface area contributed by atoms with Crippen LogP contribution in [0.2, 0.25) is 0 Å². The van der Waals surface area contributed by atoms with Crippen LogP contribution in [0.3, 0.4) is 0 Å². The lowest BCUT2D eigenvalue weighted by Crippen LogP contribution is -2.56. The number of hydrogen-bond acceptors (Lipinski definition) is 11. The standard InChI is InChI=1S/C41H52N8O4S/c1-24(28-11-13-29(14-12-28)37-26(3)43-23-54-37)44-25(2)33-20-30(50)22-49(33)40(53)38(41(4,5)6)45-36(52)19-27-15-17-48(18-16-27)34-21-32(46-47-39(34)42)31-9-7-8-10-35(31)51/h7-14,21,23-24,27,30,33,38,44,50-51H,2,15-20,22H2,1,3-6H3,(H2,42,47)(H,45,52)/t24-,30+,33-,38+/m0/s1. The van der Waals surface area contributed by atoms with Gasteiger partial charge in [-0.1, -0.05) is 63.7 Å². The van der Waals surface area contributed by atoms with Crippen LogP contribution >= 0.6 is 11.3 Å². The van der Waals surface area contributed by atoms with Crippen LogP contribution in [0.25, 0.3) is 21.7 Å². The zero-order chi connectivity index (χ0) is 38.7. The second kappa shape index (κ2) is 16.2. The zero-order valence-electron chi connectivity index (χ0n) is 31.7. The predicted octanol–water partition coefficient (Wildman–Crippen LogP) is 5.83. The molecular formula is C41H52N8O4S. The number of rotatable bonds is 11. The topological polar surface area (TPSA) is 170 Å². The predicted molar refractivity (Wildman–Crippen MR) is 214 cm³/mol. The molecule has 2 saturated heterocycles. The summed E-state index contributed by atoms with van der Waals surface area (Å²) in [5.74, 6) is 0.149. The van der Waals surface area contributed by atoms with Crippen LogP contribution in [-0.2, 0) is 9.59 Å². The molecule has 0 spiro atoms. The molecule has 2 fully saturated rings. The number of piperidine rings is 1. The molecule has 2 aliphatic rings. The number of nitrogens with one attached hydrogen (secondary N) is 2. The molecule has 54 heavy (non-hydrogen) atoms. The first-order valence-electron chi connectivity index (χ1n) is 18.6. The summed E-state index contributed by atoms with van der Waals surface area (Å²) >= 11 is 1.62. The Morgan fingerprint density at radius 3 is 2.43 bits per heavy atom. The Kier molecular flexibility index (Phi) is 11.6. The summed E-state index contributed by atoms with van der Waals surface area (Å²) in [6.07, 6.45) is 1.47. The molecule has 4 atom stereocenters. The van der Waals surface area contributed by atoms with E-state index in [-0.39, 0.29) is 36.1 Å². The van der Waals surface area contributed by atoms with Gasteiger partial charge >= 0.3 is 0 Å². The molecule has 0 saturated carbocycles. The van der Waals surface area contributed by atoms with Crippen LogP contribution < -0.4 is 21.3 Å². The SMILES string of the molecule is C=C(N[C@@H](C)c1ccc(-c2scnc2C)cc1)[C@@H]1C[C@@H](O)CN1C(=O)[C@@H](NC(=O)CC1CCN(c2cc(-c3ccccc3O)nnc2N)CC1)C(C)(C)C. The first kappa shape index (κ1) is 38.7. The fourth-order valence-electron chi connectivity index (χ4n) is 7.49. The third-order valence-corrected chi connectivity index (χ3v) is 11.6. The number of aromatic hydroxyl groups is 1. The fraction of sp³-hybridized carbons (Fsp3) is 0.439. The van der Waals surface area contributed by atoms with E-state index in [1.54, 1.807) is 34.4 Å². The van der Waals surface area contributed by atoms with E-state index in [2.05, 4.69) is 68.5 Å². The maximum Gasteiger partial charge on any atom is 0.246 e. The Morgan fingerprint density at radius 1 is 1.07 bits per heavy atom. The minimum absolute atomic E-state index is 0.0843. The maximum absolute atomic E-state index is 14.3. The molecule has 6 N–H and O–H groups in total. The summed E-state index contributed by atoms with van der Waals surface area (Å²) in [6, 6.07) is 15.9. The number of β-amino-alcohol motifs (C(OH)–C–C–N with tert-alkyl or cyclic N) is 1. The number of phenols is 1. The van der Waals surface area contributed by atoms with Crippen molar-refractivity contribution < 1.29 is 19.8 Å². The molecule has 4 aromatic rings. The van der Waals surface area contributed by atoms with Crippen LogP contribution in [0.4, 0.5) is 11.5 Å². The first-order chi connectivity index (χ1) is 25.7. The number of aryl methyl sites for hydroxylation is 1. The van der Waals surface area contributed by atoms with Gasteiger partial charge in [-0.05, 0) is 67.3 Å². The van der Waals surface area contributed by atoms with Crippen LogP contribution in [0.15, 0.2) is 72.4 Å². The number of para-hydroxylation sites is 1. The second-order valence-electron chi connectivity index (χ2n) is 15.7. The highest BCUT2D eigenvalue weighted by Gasteiger charge is 2.43. The van der Waals surface area contributed by atoms with Crippen molar-refractivity contribution in [1.29, 1.82) is 0 Å². The molecule has 6 rings (SSSR count). The molecule has 0 radical (unpaired) electrons. The van der Waals surface area contributed by atoms with Crippen molar-refractivity contribution in [3.05, 3.63) is 83.6 Å². The van der Waals surface area contributed by atoms with Gasteiger partial charge in [-0.15, -0.1) is 21.5 Å². The van der Waals surface area contributed by atoms with Crippen LogP contribution in [-0.4, -0.2) is 79.9 Å². The van der Waals surface area contributed by atoms with Crippen molar-refractivity contribution in [2.75, 3.05) is 30.3 Å². The zero-order valence-corrected chi connectivity index (χ0v) is 32.6. The summed E-state index contributed by atoms with van der Waals surface area (Å²) in [5.41, 5.74) is 13.2. The summed E-state index contributed by atoms with van der Waals surface area (Å²) in [6.45, 7) is 15.7. The smallest absolute Gasteiger partial charge is 0.246 e. The van der Waals surface area contributed by atoms with Gasteiger partial charge in [0.2, 0.25) is 11.8 Å². The molecular weight excluding hydrogens is 701 g/mol. The van der Waals surface area contributed by atoms with Gasteiger partial charge in [-0.2, -0.15) is 0 Å². The summed E-state index contributed by atoms with van der Waals surface area (Å²) in [5, 5.41) is 36.0. The van der Waals surface area contributed by atoms with E-state index in [4.69, 9.17) is 5.73 Å². The Hall–Kier alpha value is -5.01. The van der Waals surface area contributed by atoms with Crippen molar-refractivity contribution in [2.45, 2.75) is 84.5 Å². The molecule has 286 valence electrons. The van der Waals surface area contributed by atoms with E-state index < -0.39 is 23.6 Å². The number of nitrogens with two attached hydrogens (primary N) is 1. The summed E-state index contributed by atoms with van der Waals surface area (Å²) in [4.78, 5) is 37.2. The third-order valence-electron chi connectivity index (χ3n) is 10.6. The second-order valence-corrected chi connectivity index (χ2v) is 16.5. The lowest BCUT2D eigenvalue weighted by Gasteiger charge is -2.37. The van der Waals surface area contributed by atoms with Crippen LogP contribution in [0.5, 0.6) is 5.75 Å². The van der Waals surface area contributed by atoms with Gasteiger partial charge in [0.25, 0.3) is 0 Å². The van der Waals surface area contributed by atoms with Crippen molar-refractivity contribution >= 4 is 34.7 Å². The number of aromatic nitrogens is 3. The molecule has 2 aliphatic heterocycles. The molecule has 0 unspecified atom stereocenters. The van der Waals surface area contributed by atoms with Crippen LogP contribution in [0, 0.1) is 18.3 Å². The Labute approximate surface area is 321 Å². The number of aliphatic hydroxyl groups excluding tert-OH is 1. The number of amides is 2. The van der Waals surface area contributed by atoms with E-state index >= 15 is 0 Å². The molecule has 2 aromatic heterocycles. The quantitative estimate of drug-likeness (QED) is 0.126. The number of phenolic OH excluding ortho intramolecular Hbond substituents is 1. The number of carbonyl (C=O) groups is 2. The summed E-state index contributed by atoms with van der Waals surface area (Å²) < 4.78 is 0. The average Bonchev–Trinajstić information content (AvgIpc) is 3.76. The van der Waals surface area contributed by atoms with Crippen molar-refractivity contribution in [1.82, 2.24) is 30.7 Å². The highest BCUT2D eigenvalue weighted by molar-refractivity contribution is 7.13. The number of thiazole rings is 1. The first-order valence-corrected chi connectivity index (χ1v) is 19.5. The van der Waals surface area contributed by atoms with Gasteiger partial charge in [0.15, 0.2) is 5.82 Å². The van der Waals surface area contributed by atoms with Gasteiger partial charge in [-0.25, -0.2) is 4.98 Å². The maximum atomic E-state index is 14.3. The average molecular weight is 753 g/mol. The number of benzene rings is 2. The normalized spacial score (nSPS) is 19.0. The van der Waals surface area contributed by atoms with Crippen LogP contribution in [0.1, 0.15) is 70.7 Å². The van der Waals surface area contributed by atoms with Gasteiger partial charge in [0.05, 0.1) is 39.6 Å². The Morgan fingerprint density at radius 2 is 1.78 bits per heavy atom. The molecule has 12 nitrogen and oxygen atoms in total. The molecule has 2 aromatic carbocycles. The lowest BCUT2D eigenvalue weighted by atomic mass is 9.85. The van der Waals surface area contributed by atoms with Gasteiger partial charge < -0.3 is 36.4 Å². The van der Waals surface area contributed by atoms with E-state index in [9.17, 15) is 19.8 Å². The minimum atomic E-state index is -0.790. The largest absolute Gasteiger partial charge is 0.507 e. The highest BCUT2D eigenvalue weighted by atomic mass is 32.1. The monoisotopic (exact) mass is 752 g/mol. The number of anilines is 2. The van der Waals surface area contributed by atoms with E-state index in [1.807, 2.05) is 45.3 Å². The van der Waals surface area contributed by atoms with Crippen molar-refractivity contribution in [3.63, 3.8) is 0 Å². The number of likely N-dealkylation sites (tertiary alicyclic amines) is 1. The van der Waals surface area contributed by atoms with E-state index in [1.165, 1.54) is 0 Å². The number of nitrogens with zero attached hydrogens (tertiary/aromatic N) is 5. The molecule has 0 bridgehead atoms. The molecule has 0 aliphatic carbocycles. The molecule has 4 heterocycles. The van der Waals surface area contributed by atoms with Crippen molar-refractivity contribution in [3.8, 4) is 27.4 Å². The van der Waals surface area contributed by atoms with Crippen molar-refractivity contribution in [2.24, 2.45) is 11.3 Å².